The first-order valence-electron chi connectivity index (χ1n) is 1.90. The van der Waals surface area contributed by atoms with Crippen molar-refractivity contribution in [2.24, 2.45) is 0 Å². The Morgan fingerprint density at radius 1 is 1.60 bits per heavy atom. The molecular weight excluding hydrogens is 56.5 g/mol. The van der Waals surface area contributed by atoms with E-state index in [1.807, 2.05) is 5.98 Å². The molecule has 0 aliphatic carbocycles. The topological polar surface area (TPSA) is 0 Å². The van der Waals surface area contributed by atoms with E-state index in [-0.39, 0.29) is 0 Å². The van der Waals surface area contributed by atoms with Gasteiger partial charge in [-0.2, -0.15) is 0 Å². The van der Waals surface area contributed by atoms with Crippen molar-refractivity contribution in [3.63, 3.8) is 0 Å². The lowest BCUT2D eigenvalue weighted by molar-refractivity contribution is 2.58. The average molecular weight is 63.5 g/mol. The highest BCUT2D eigenvalue weighted by Crippen LogP contribution is 1.58. The molecule has 0 aromatic carbocycles. The third kappa shape index (κ3) is 3.93. The fraction of sp³-hybridized carbons (Fsp3) is 0. The van der Waals surface area contributed by atoms with Gasteiger partial charge in [-0.25, -0.2) is 0 Å². The second-order valence-corrected chi connectivity index (χ2v) is 1.48. The molecule has 0 radical (unpaired) electrons. The highest BCUT2D eigenvalue weighted by molar-refractivity contribution is 7.31. The molecule has 0 aromatic heterocycles. The summed E-state index contributed by atoms with van der Waals surface area (Å²) >= 11 is 0. The van der Waals surface area contributed by atoms with Gasteiger partial charge in [0.05, 0.1) is 22.0 Å². The fourth-order valence-corrected chi connectivity index (χ4v) is 0. The van der Waals surface area contributed by atoms with E-state index in [1.165, 1.54) is 0 Å². The van der Waals surface area contributed by atoms with Crippen molar-refractivity contribution in [2.75, 3.05) is 0 Å². The van der Waals surface area contributed by atoms with Crippen LogP contribution in [0.1, 0.15) is 0 Å². The van der Waals surface area contributed by atoms with Gasteiger partial charge >= 0.3 is 0 Å². The van der Waals surface area contributed by atoms with Crippen LogP contribution in [0.4, 0.5) is 0 Å². The lowest BCUT2D eigenvalue weighted by Gasteiger charge is -1.76. The summed E-state index contributed by atoms with van der Waals surface area (Å²) in [5.74, 6) is 1.92. The standard InChI is InChI=1S/C2H7B3/c1-2-5(3)4/h2H,1,3-4H2. The molecule has 0 aliphatic rings. The molecule has 0 saturated carbocycles. The van der Waals surface area contributed by atoms with Crippen LogP contribution in [0.5, 0.6) is 0 Å². The lowest BCUT2D eigenvalue weighted by atomic mass is 9.20. The van der Waals surface area contributed by atoms with Gasteiger partial charge < -0.3 is 0 Å². The quantitative estimate of drug-likeness (QED) is 0.324. The molecule has 0 nitrogen and oxygen atoms in total. The summed E-state index contributed by atoms with van der Waals surface area (Å²) in [6, 6.07) is 0. The first kappa shape index (κ1) is 4.93. The van der Waals surface area contributed by atoms with Crippen LogP contribution in [0.2, 0.25) is 0 Å². The molecule has 0 rings (SSSR count). The lowest BCUT2D eigenvalue weighted by Crippen LogP contribution is -2.07. The van der Waals surface area contributed by atoms with Gasteiger partial charge in [-0.1, -0.05) is 0 Å². The van der Waals surface area contributed by atoms with Gasteiger partial charge in [0.15, 0.2) is 0 Å². The van der Waals surface area contributed by atoms with E-state index in [0.717, 1.165) is 0 Å². The zero-order valence-electron chi connectivity index (χ0n) is 3.86. The van der Waals surface area contributed by atoms with Crippen LogP contribution in [-0.4, -0.2) is 22.0 Å². The van der Waals surface area contributed by atoms with Crippen LogP contribution in [0.15, 0.2) is 12.6 Å². The molecule has 0 unspecified atom stereocenters. The summed E-state index contributed by atoms with van der Waals surface area (Å²) in [4.78, 5) is 0. The predicted octanol–water partition coefficient (Wildman–Crippen LogP) is -1.53. The minimum absolute atomic E-state index is 0.648. The molecule has 5 heavy (non-hydrogen) atoms. The van der Waals surface area contributed by atoms with Crippen LogP contribution in [0, 0.1) is 0 Å². The SMILES string of the molecule is BB(B)C=C. The van der Waals surface area contributed by atoms with E-state index in [1.54, 1.807) is 0 Å². The van der Waals surface area contributed by atoms with Gasteiger partial charge in [0.25, 0.3) is 0 Å². The zero-order valence-corrected chi connectivity index (χ0v) is 3.86. The molecule has 0 saturated heterocycles. The van der Waals surface area contributed by atoms with Crippen LogP contribution < -0.4 is 0 Å². The minimum Gasteiger partial charge on any atom is -0.140 e. The Kier molecular flexibility index (Phi) is 2.16. The molecule has 0 bridgehead atoms. The summed E-state index contributed by atoms with van der Waals surface area (Å²) in [5.41, 5.74) is 0. The summed E-state index contributed by atoms with van der Waals surface area (Å²) in [6.45, 7) is 4.21. The summed E-state index contributed by atoms with van der Waals surface area (Å²) < 4.78 is 0. The summed E-state index contributed by atoms with van der Waals surface area (Å²) in [7, 11) is 4.21. The van der Waals surface area contributed by atoms with Crippen molar-refractivity contribution >= 4 is 22.0 Å². The Hall–Kier alpha value is -0.0652. The van der Waals surface area contributed by atoms with Gasteiger partial charge in [-0.05, 0) is 0 Å². The number of rotatable bonds is 1. The Morgan fingerprint density at radius 3 is 1.80 bits per heavy atom. The second-order valence-electron chi connectivity index (χ2n) is 1.48. The Bertz CT molecular complexity index is 31.9. The maximum Gasteiger partial charge on any atom is 0.0901 e. The molecule has 0 aromatic rings. The molecule has 0 heterocycles. The maximum atomic E-state index is 3.56. The zero-order chi connectivity index (χ0) is 4.28. The smallest absolute Gasteiger partial charge is 0.0901 e. The molecule has 0 spiro atoms. The summed E-state index contributed by atoms with van der Waals surface area (Å²) in [5, 5.41) is 0. The largest absolute Gasteiger partial charge is 0.140 e. The van der Waals surface area contributed by atoms with E-state index >= 15 is 0 Å². The Labute approximate surface area is 35.5 Å². The van der Waals surface area contributed by atoms with Crippen molar-refractivity contribution in [1.82, 2.24) is 0 Å². The summed E-state index contributed by atoms with van der Waals surface area (Å²) in [6.07, 6.45) is 0. The third-order valence-electron chi connectivity index (χ3n) is 0.471. The highest BCUT2D eigenvalue weighted by atomic mass is 13.1. The Balaban J connectivity index is 2.83. The van der Waals surface area contributed by atoms with Crippen LogP contribution >= 0.6 is 0 Å². The van der Waals surface area contributed by atoms with Crippen LogP contribution in [0.25, 0.3) is 0 Å². The molecule has 0 amide bonds. The van der Waals surface area contributed by atoms with E-state index in [0.29, 0.717) is 6.49 Å². The van der Waals surface area contributed by atoms with Gasteiger partial charge in [0.1, 0.15) is 0 Å². The van der Waals surface area contributed by atoms with E-state index < -0.39 is 0 Å². The van der Waals surface area contributed by atoms with E-state index in [2.05, 4.69) is 22.1 Å². The molecule has 24 valence electrons. The molecule has 0 atom stereocenters. The van der Waals surface area contributed by atoms with Gasteiger partial charge in [0, 0.05) is 0 Å². The van der Waals surface area contributed by atoms with Crippen molar-refractivity contribution in [2.45, 2.75) is 0 Å². The fourth-order valence-electron chi connectivity index (χ4n) is 0. The number of hydrogen-bond acceptors (Lipinski definition) is 0. The van der Waals surface area contributed by atoms with Gasteiger partial charge in [0.2, 0.25) is 0 Å². The molecular formula is C2H7B3. The monoisotopic (exact) mass is 64.1 g/mol. The first-order chi connectivity index (χ1) is 2.27. The maximum absolute atomic E-state index is 3.56. The first-order valence-corrected chi connectivity index (χ1v) is 1.90. The predicted molar refractivity (Wildman–Crippen MR) is 33.0 cm³/mol. The van der Waals surface area contributed by atoms with Crippen molar-refractivity contribution in [3.8, 4) is 0 Å². The Morgan fingerprint density at radius 2 is 1.80 bits per heavy atom. The van der Waals surface area contributed by atoms with Crippen molar-refractivity contribution in [3.05, 3.63) is 12.6 Å². The van der Waals surface area contributed by atoms with Gasteiger partial charge in [-0.15, -0.1) is 12.6 Å². The van der Waals surface area contributed by atoms with Crippen molar-refractivity contribution < 1.29 is 0 Å². The minimum atomic E-state index is 0.648. The molecule has 3 heteroatoms. The molecule has 0 fully saturated rings. The molecule has 0 aliphatic heterocycles. The highest BCUT2D eigenvalue weighted by Gasteiger charge is 1.82. The third-order valence-corrected chi connectivity index (χ3v) is 0.471. The average Bonchev–Trinajstić information content (AvgIpc) is 1.38. The van der Waals surface area contributed by atoms with Crippen LogP contribution in [-0.2, 0) is 0 Å². The number of hydrogen-bond donors (Lipinski definition) is 0. The van der Waals surface area contributed by atoms with E-state index in [4.69, 9.17) is 0 Å². The van der Waals surface area contributed by atoms with Crippen LogP contribution in [0.3, 0.4) is 0 Å². The molecule has 0 N–H and O–H groups in total. The van der Waals surface area contributed by atoms with E-state index in [9.17, 15) is 0 Å². The van der Waals surface area contributed by atoms with Gasteiger partial charge in [-0.3, -0.25) is 0 Å². The second kappa shape index (κ2) is 2.19. The normalized spacial score (nSPS) is 6.40. The van der Waals surface area contributed by atoms with Crippen molar-refractivity contribution in [1.29, 1.82) is 0 Å².